The zero-order valence-corrected chi connectivity index (χ0v) is 20.6. The molecule has 11 heteroatoms. The van der Waals surface area contributed by atoms with Crippen LogP contribution in [-0.2, 0) is 4.74 Å². The van der Waals surface area contributed by atoms with E-state index in [4.69, 9.17) is 4.74 Å². The number of hydrogen-bond donors (Lipinski definition) is 0. The monoisotopic (exact) mass is 495 g/mol. The number of nitrogens with zero attached hydrogens (tertiary/aromatic N) is 7. The molecular weight excluding hydrogens is 468 g/mol. The highest BCUT2D eigenvalue weighted by molar-refractivity contribution is 5.93. The molecule has 188 valence electrons. The maximum absolute atomic E-state index is 14.3. The number of anilines is 1. The summed E-state index contributed by atoms with van der Waals surface area (Å²) in [5.74, 6) is -2.77. The molecule has 4 heterocycles. The van der Waals surface area contributed by atoms with Gasteiger partial charge in [-0.3, -0.25) is 4.57 Å². The third-order valence-corrected chi connectivity index (χ3v) is 6.47. The predicted octanol–water partition coefficient (Wildman–Crippen LogP) is 4.26. The number of fused-ring (bicyclic) bond motifs is 1. The largest absolute Gasteiger partial charge is 0.444 e. The highest BCUT2D eigenvalue weighted by atomic mass is 19.3. The fourth-order valence-corrected chi connectivity index (χ4v) is 4.66. The summed E-state index contributed by atoms with van der Waals surface area (Å²) in [6.07, 6.45) is 3.93. The maximum Gasteiger partial charge on any atom is 0.410 e. The molecule has 0 bridgehead atoms. The van der Waals surface area contributed by atoms with Crippen molar-refractivity contribution in [2.45, 2.75) is 57.6 Å². The molecule has 1 aliphatic carbocycles. The number of halogens is 2. The Balaban J connectivity index is 1.55. The Morgan fingerprint density at radius 1 is 1.25 bits per heavy atom. The molecule has 2 aliphatic rings. The first kappa shape index (κ1) is 23.9. The summed E-state index contributed by atoms with van der Waals surface area (Å²) in [7, 11) is 0. The first-order valence-corrected chi connectivity index (χ1v) is 11.8. The molecule has 1 unspecified atom stereocenters. The van der Waals surface area contributed by atoms with Gasteiger partial charge in [0.15, 0.2) is 5.65 Å². The highest BCUT2D eigenvalue weighted by Gasteiger charge is 2.59. The van der Waals surface area contributed by atoms with Crippen LogP contribution in [0.1, 0.15) is 51.2 Å². The van der Waals surface area contributed by atoms with E-state index in [1.807, 2.05) is 32.6 Å². The molecule has 1 saturated heterocycles. The first-order valence-electron chi connectivity index (χ1n) is 11.8. The molecule has 2 fully saturated rings. The van der Waals surface area contributed by atoms with Crippen LogP contribution in [0.3, 0.4) is 0 Å². The van der Waals surface area contributed by atoms with Crippen molar-refractivity contribution in [2.75, 3.05) is 24.5 Å². The number of pyridine rings is 1. The van der Waals surface area contributed by atoms with E-state index in [1.54, 1.807) is 27.8 Å². The normalized spacial score (nSPS) is 21.4. The fourth-order valence-electron chi connectivity index (χ4n) is 4.66. The van der Waals surface area contributed by atoms with Gasteiger partial charge < -0.3 is 14.5 Å². The average Bonchev–Trinajstić information content (AvgIpc) is 3.28. The lowest BCUT2D eigenvalue weighted by atomic mass is 10.1. The van der Waals surface area contributed by atoms with Gasteiger partial charge in [-0.2, -0.15) is 5.26 Å². The molecule has 36 heavy (non-hydrogen) atoms. The molecule has 2 atom stereocenters. The number of piperazine rings is 1. The van der Waals surface area contributed by atoms with Gasteiger partial charge in [-0.1, -0.05) is 0 Å². The molecule has 1 saturated carbocycles. The molecule has 0 N–H and O–H groups in total. The molecular formula is C25H27F2N7O2. The van der Waals surface area contributed by atoms with E-state index in [9.17, 15) is 18.8 Å². The van der Waals surface area contributed by atoms with Crippen LogP contribution in [0.5, 0.6) is 0 Å². The molecule has 5 rings (SSSR count). The van der Waals surface area contributed by atoms with Crippen LogP contribution in [0.25, 0.3) is 16.9 Å². The zero-order valence-electron chi connectivity index (χ0n) is 20.6. The molecule has 0 radical (unpaired) electrons. The average molecular weight is 496 g/mol. The topological polar surface area (TPSA) is 100 Å². The van der Waals surface area contributed by atoms with Gasteiger partial charge in [0, 0.05) is 44.5 Å². The molecule has 3 aromatic heterocycles. The number of amides is 1. The van der Waals surface area contributed by atoms with Crippen LogP contribution in [0.4, 0.5) is 19.4 Å². The smallest absolute Gasteiger partial charge is 0.410 e. The van der Waals surface area contributed by atoms with Gasteiger partial charge >= 0.3 is 6.09 Å². The van der Waals surface area contributed by atoms with Crippen LogP contribution in [0.2, 0.25) is 0 Å². The summed E-state index contributed by atoms with van der Waals surface area (Å²) < 4.78 is 35.7. The molecule has 3 aromatic rings. The third kappa shape index (κ3) is 4.32. The van der Waals surface area contributed by atoms with E-state index in [0.717, 1.165) is 0 Å². The maximum atomic E-state index is 14.3. The van der Waals surface area contributed by atoms with Crippen molar-refractivity contribution < 1.29 is 18.3 Å². The number of carbonyl (C=O) groups excluding carboxylic acids is 1. The molecule has 1 aliphatic heterocycles. The Bertz CT molecular complexity index is 1370. The van der Waals surface area contributed by atoms with Crippen molar-refractivity contribution in [1.29, 1.82) is 5.26 Å². The number of ether oxygens (including phenoxy) is 1. The van der Waals surface area contributed by atoms with Gasteiger partial charge in [0.2, 0.25) is 0 Å². The van der Waals surface area contributed by atoms with E-state index in [1.165, 1.54) is 12.5 Å². The predicted molar refractivity (Wildman–Crippen MR) is 128 cm³/mol. The van der Waals surface area contributed by atoms with Crippen LogP contribution in [-0.4, -0.2) is 67.7 Å². The van der Waals surface area contributed by atoms with Crippen LogP contribution in [0.15, 0.2) is 30.9 Å². The Kier molecular flexibility index (Phi) is 5.58. The highest BCUT2D eigenvalue weighted by Crippen LogP contribution is 2.58. The van der Waals surface area contributed by atoms with Crippen molar-refractivity contribution >= 4 is 22.9 Å². The van der Waals surface area contributed by atoms with E-state index in [-0.39, 0.29) is 18.6 Å². The quantitative estimate of drug-likeness (QED) is 0.535. The van der Waals surface area contributed by atoms with Gasteiger partial charge in [0.05, 0.1) is 22.9 Å². The second kappa shape index (κ2) is 8.40. The molecule has 9 nitrogen and oxygen atoms in total. The molecule has 0 spiro atoms. The SMILES string of the molecule is C[C@H]1CN(C(=O)OC(C)(C)C)CCN1c1ncnc2c1c(C1CC1(F)F)cn2-c1cc(C#N)ccn1. The number of aromatic nitrogens is 4. The fraction of sp³-hybridized carbons (Fsp3) is 0.480. The minimum absolute atomic E-state index is 0.139. The molecule has 1 amide bonds. The molecule has 0 aromatic carbocycles. The summed E-state index contributed by atoms with van der Waals surface area (Å²) in [5.41, 5.74) is 0.709. The Morgan fingerprint density at radius 3 is 2.64 bits per heavy atom. The van der Waals surface area contributed by atoms with Crippen molar-refractivity contribution in [3.05, 3.63) is 42.0 Å². The van der Waals surface area contributed by atoms with Gasteiger partial charge in [0.1, 0.15) is 23.6 Å². The lowest BCUT2D eigenvalue weighted by Gasteiger charge is -2.41. The standard InChI is InChI=1S/C25H27F2N7O2/c1-15-12-32(23(35)36-24(2,3)4)7-8-33(15)21-20-17(18-10-25(18,26)27)13-34(22(20)31-14-30-21)19-9-16(11-28)5-6-29-19/h5-6,9,13-15,18H,7-8,10,12H2,1-4H3/t15-,18?/m0/s1. The van der Waals surface area contributed by atoms with Gasteiger partial charge in [-0.25, -0.2) is 28.5 Å². The number of alkyl halides is 2. The van der Waals surface area contributed by atoms with Crippen LogP contribution in [0, 0.1) is 11.3 Å². The second-order valence-corrected chi connectivity index (χ2v) is 10.4. The zero-order chi connectivity index (χ0) is 25.8. The van der Waals surface area contributed by atoms with E-state index in [0.29, 0.717) is 53.4 Å². The van der Waals surface area contributed by atoms with Crippen LogP contribution >= 0.6 is 0 Å². The summed E-state index contributed by atoms with van der Waals surface area (Å²) in [5, 5.41) is 9.85. The van der Waals surface area contributed by atoms with Crippen molar-refractivity contribution in [3.8, 4) is 11.9 Å². The van der Waals surface area contributed by atoms with Gasteiger partial charge in [-0.05, 0) is 45.4 Å². The lowest BCUT2D eigenvalue weighted by molar-refractivity contribution is 0.0218. The third-order valence-electron chi connectivity index (χ3n) is 6.47. The first-order chi connectivity index (χ1) is 17.0. The summed E-state index contributed by atoms with van der Waals surface area (Å²) >= 11 is 0. The van der Waals surface area contributed by atoms with Crippen LogP contribution < -0.4 is 4.90 Å². The van der Waals surface area contributed by atoms with E-state index in [2.05, 4.69) is 21.0 Å². The Morgan fingerprint density at radius 2 is 2.00 bits per heavy atom. The minimum Gasteiger partial charge on any atom is -0.444 e. The lowest BCUT2D eigenvalue weighted by Crippen LogP contribution is -2.54. The summed E-state index contributed by atoms with van der Waals surface area (Å²) in [6.45, 7) is 8.70. The van der Waals surface area contributed by atoms with E-state index < -0.39 is 17.4 Å². The Hall–Kier alpha value is -3.81. The number of carbonyl (C=O) groups is 1. The summed E-state index contributed by atoms with van der Waals surface area (Å²) in [4.78, 5) is 29.6. The van der Waals surface area contributed by atoms with Crippen molar-refractivity contribution in [3.63, 3.8) is 0 Å². The van der Waals surface area contributed by atoms with Crippen molar-refractivity contribution in [1.82, 2.24) is 24.4 Å². The van der Waals surface area contributed by atoms with E-state index >= 15 is 0 Å². The summed E-state index contributed by atoms with van der Waals surface area (Å²) in [6, 6.07) is 5.12. The van der Waals surface area contributed by atoms with Gasteiger partial charge in [-0.15, -0.1) is 0 Å². The Labute approximate surface area is 207 Å². The number of nitriles is 1. The second-order valence-electron chi connectivity index (χ2n) is 10.4. The number of hydrogen-bond acceptors (Lipinski definition) is 7. The van der Waals surface area contributed by atoms with Gasteiger partial charge in [0.25, 0.3) is 5.92 Å². The number of rotatable bonds is 3. The minimum atomic E-state index is -2.80. The van der Waals surface area contributed by atoms with Crippen molar-refractivity contribution in [2.24, 2.45) is 0 Å².